The number of nitrogens with one attached hydrogen (secondary N) is 2. The second kappa shape index (κ2) is 6.76. The van der Waals surface area contributed by atoms with Crippen LogP contribution in [0.15, 0.2) is 65.2 Å². The van der Waals surface area contributed by atoms with Crippen molar-refractivity contribution in [3.8, 4) is 17.1 Å². The number of benzene rings is 2. The van der Waals surface area contributed by atoms with E-state index < -0.39 is 0 Å². The summed E-state index contributed by atoms with van der Waals surface area (Å²) in [5.74, 6) is 1.64. The van der Waals surface area contributed by atoms with Crippen LogP contribution in [0.5, 0.6) is 5.75 Å². The minimum atomic E-state index is -0.223. The van der Waals surface area contributed by atoms with Crippen molar-refractivity contribution in [2.45, 2.75) is 6.54 Å². The molecule has 1 amide bonds. The molecule has 6 heteroatoms. The van der Waals surface area contributed by atoms with E-state index in [4.69, 9.17) is 9.15 Å². The summed E-state index contributed by atoms with van der Waals surface area (Å²) >= 11 is 0. The van der Waals surface area contributed by atoms with Gasteiger partial charge in [-0.3, -0.25) is 4.79 Å². The zero-order valence-electron chi connectivity index (χ0n) is 14.2. The van der Waals surface area contributed by atoms with Crippen molar-refractivity contribution in [3.63, 3.8) is 0 Å². The summed E-state index contributed by atoms with van der Waals surface area (Å²) in [7, 11) is 1.61. The highest BCUT2D eigenvalue weighted by Gasteiger charge is 2.12. The number of amides is 1. The molecule has 0 aliphatic rings. The standard InChI is InChI=1S/C20H17N3O3/c1-25-15-8-7-14-9-17(23-16(14)10-15)20(24)22-12-19-21-11-18(26-19)13-5-3-2-4-6-13/h2-11,23H,12H2,1H3,(H,22,24). The molecule has 2 aromatic heterocycles. The molecule has 0 saturated carbocycles. The smallest absolute Gasteiger partial charge is 0.268 e. The number of H-pyrrole nitrogens is 1. The van der Waals surface area contributed by atoms with Crippen LogP contribution >= 0.6 is 0 Å². The summed E-state index contributed by atoms with van der Waals surface area (Å²) in [6, 6.07) is 17.1. The maximum atomic E-state index is 12.4. The number of hydrogen-bond donors (Lipinski definition) is 2. The molecule has 0 bridgehead atoms. The second-order valence-electron chi connectivity index (χ2n) is 5.80. The van der Waals surface area contributed by atoms with E-state index in [2.05, 4.69) is 15.3 Å². The van der Waals surface area contributed by atoms with Gasteiger partial charge in [0.1, 0.15) is 11.4 Å². The fraction of sp³-hybridized carbons (Fsp3) is 0.100. The van der Waals surface area contributed by atoms with Crippen molar-refractivity contribution >= 4 is 16.8 Å². The topological polar surface area (TPSA) is 80.2 Å². The highest BCUT2D eigenvalue weighted by atomic mass is 16.5. The molecule has 0 saturated heterocycles. The van der Waals surface area contributed by atoms with E-state index in [-0.39, 0.29) is 12.5 Å². The summed E-state index contributed by atoms with van der Waals surface area (Å²) < 4.78 is 10.9. The SMILES string of the molecule is COc1ccc2cc(C(=O)NCc3ncc(-c4ccccc4)o3)[nH]c2c1. The number of carbonyl (C=O) groups excluding carboxylic acids is 1. The molecule has 6 nitrogen and oxygen atoms in total. The first-order valence-corrected chi connectivity index (χ1v) is 8.18. The number of methoxy groups -OCH3 is 1. The quantitative estimate of drug-likeness (QED) is 0.576. The number of hydrogen-bond acceptors (Lipinski definition) is 4. The molecule has 0 aliphatic carbocycles. The van der Waals surface area contributed by atoms with Crippen LogP contribution in [0.4, 0.5) is 0 Å². The van der Waals surface area contributed by atoms with Crippen LogP contribution in [0, 0.1) is 0 Å². The van der Waals surface area contributed by atoms with Crippen LogP contribution in [0.25, 0.3) is 22.2 Å². The lowest BCUT2D eigenvalue weighted by atomic mass is 10.2. The van der Waals surface area contributed by atoms with Crippen molar-refractivity contribution in [3.05, 3.63) is 72.4 Å². The van der Waals surface area contributed by atoms with Gasteiger partial charge in [0.2, 0.25) is 5.89 Å². The molecule has 0 unspecified atom stereocenters. The number of fused-ring (bicyclic) bond motifs is 1. The minimum absolute atomic E-state index is 0.213. The van der Waals surface area contributed by atoms with Crippen LogP contribution < -0.4 is 10.1 Å². The molecule has 26 heavy (non-hydrogen) atoms. The average molecular weight is 347 g/mol. The predicted molar refractivity (Wildman–Crippen MR) is 98.0 cm³/mol. The van der Waals surface area contributed by atoms with E-state index in [1.807, 2.05) is 48.5 Å². The van der Waals surface area contributed by atoms with Gasteiger partial charge in [-0.25, -0.2) is 4.98 Å². The Balaban J connectivity index is 1.45. The van der Waals surface area contributed by atoms with E-state index in [0.29, 0.717) is 17.3 Å². The average Bonchev–Trinajstić information content (AvgIpc) is 3.33. The Labute approximate surface area is 149 Å². The molecule has 2 heterocycles. The maximum Gasteiger partial charge on any atom is 0.268 e. The summed E-state index contributed by atoms with van der Waals surface area (Å²) in [5.41, 5.74) is 2.27. The van der Waals surface area contributed by atoms with Gasteiger partial charge < -0.3 is 19.5 Å². The number of aromatic nitrogens is 2. The molecular weight excluding hydrogens is 330 g/mol. The third-order valence-electron chi connectivity index (χ3n) is 4.09. The van der Waals surface area contributed by atoms with Crippen LogP contribution in [-0.4, -0.2) is 23.0 Å². The predicted octanol–water partition coefficient (Wildman–Crippen LogP) is 3.76. The highest BCUT2D eigenvalue weighted by molar-refractivity contribution is 5.98. The number of carbonyl (C=O) groups is 1. The minimum Gasteiger partial charge on any atom is -0.497 e. The molecule has 0 aliphatic heterocycles. The Morgan fingerprint density at radius 3 is 2.85 bits per heavy atom. The van der Waals surface area contributed by atoms with Crippen molar-refractivity contribution < 1.29 is 13.9 Å². The number of ether oxygens (including phenoxy) is 1. The van der Waals surface area contributed by atoms with E-state index in [0.717, 1.165) is 22.2 Å². The van der Waals surface area contributed by atoms with Crippen molar-refractivity contribution in [2.75, 3.05) is 7.11 Å². The molecule has 2 aromatic carbocycles. The summed E-state index contributed by atoms with van der Waals surface area (Å²) in [5, 5.41) is 3.75. The van der Waals surface area contributed by atoms with Gasteiger partial charge >= 0.3 is 0 Å². The Hall–Kier alpha value is -3.54. The number of oxazole rings is 1. The van der Waals surface area contributed by atoms with Crippen LogP contribution in [0.1, 0.15) is 16.4 Å². The Morgan fingerprint density at radius 1 is 1.19 bits per heavy atom. The van der Waals surface area contributed by atoms with E-state index in [1.54, 1.807) is 19.4 Å². The van der Waals surface area contributed by atoms with Gasteiger partial charge in [-0.15, -0.1) is 0 Å². The van der Waals surface area contributed by atoms with E-state index >= 15 is 0 Å². The third-order valence-corrected chi connectivity index (χ3v) is 4.09. The van der Waals surface area contributed by atoms with Gasteiger partial charge in [0.05, 0.1) is 19.9 Å². The highest BCUT2D eigenvalue weighted by Crippen LogP contribution is 2.22. The molecule has 0 spiro atoms. The Bertz CT molecular complexity index is 1050. The van der Waals surface area contributed by atoms with Crippen LogP contribution in [0.2, 0.25) is 0 Å². The van der Waals surface area contributed by atoms with Gasteiger partial charge in [0.15, 0.2) is 5.76 Å². The summed E-state index contributed by atoms with van der Waals surface area (Å²) in [4.78, 5) is 19.7. The maximum absolute atomic E-state index is 12.4. The largest absolute Gasteiger partial charge is 0.497 e. The van der Waals surface area contributed by atoms with Gasteiger partial charge in [-0.05, 0) is 18.2 Å². The molecular formula is C20H17N3O3. The monoisotopic (exact) mass is 347 g/mol. The van der Waals surface area contributed by atoms with Gasteiger partial charge in [-0.1, -0.05) is 30.3 Å². The van der Waals surface area contributed by atoms with Crippen LogP contribution in [-0.2, 0) is 6.54 Å². The van der Waals surface area contributed by atoms with Crippen LogP contribution in [0.3, 0.4) is 0 Å². The number of aromatic amines is 1. The Morgan fingerprint density at radius 2 is 2.04 bits per heavy atom. The molecule has 4 aromatic rings. The first-order valence-electron chi connectivity index (χ1n) is 8.18. The molecule has 0 radical (unpaired) electrons. The lowest BCUT2D eigenvalue weighted by Crippen LogP contribution is -2.23. The Kier molecular flexibility index (Phi) is 4.15. The second-order valence-corrected chi connectivity index (χ2v) is 5.80. The zero-order chi connectivity index (χ0) is 17.9. The van der Waals surface area contributed by atoms with E-state index in [9.17, 15) is 4.79 Å². The molecule has 130 valence electrons. The zero-order valence-corrected chi connectivity index (χ0v) is 14.2. The van der Waals surface area contributed by atoms with Crippen molar-refractivity contribution in [1.29, 1.82) is 0 Å². The first-order chi connectivity index (χ1) is 12.7. The molecule has 0 fully saturated rings. The molecule has 0 atom stereocenters. The number of rotatable bonds is 5. The van der Waals surface area contributed by atoms with Crippen molar-refractivity contribution in [2.24, 2.45) is 0 Å². The lowest BCUT2D eigenvalue weighted by molar-refractivity contribution is 0.0943. The summed E-state index contributed by atoms with van der Waals surface area (Å²) in [6.45, 7) is 0.213. The van der Waals surface area contributed by atoms with Gasteiger partial charge in [0, 0.05) is 22.5 Å². The number of nitrogens with zero attached hydrogens (tertiary/aromatic N) is 1. The van der Waals surface area contributed by atoms with Gasteiger partial charge in [-0.2, -0.15) is 0 Å². The first kappa shape index (κ1) is 16.0. The third kappa shape index (κ3) is 3.17. The van der Waals surface area contributed by atoms with E-state index in [1.165, 1.54) is 0 Å². The molecule has 4 rings (SSSR count). The normalized spacial score (nSPS) is 10.8. The lowest BCUT2D eigenvalue weighted by Gasteiger charge is -2.00. The fourth-order valence-electron chi connectivity index (χ4n) is 2.73. The summed E-state index contributed by atoms with van der Waals surface area (Å²) in [6.07, 6.45) is 1.66. The van der Waals surface area contributed by atoms with Gasteiger partial charge in [0.25, 0.3) is 5.91 Å². The molecule has 2 N–H and O–H groups in total. The fourth-order valence-corrected chi connectivity index (χ4v) is 2.73. The van der Waals surface area contributed by atoms with Crippen molar-refractivity contribution in [1.82, 2.24) is 15.3 Å².